The Labute approximate surface area is 209 Å². The monoisotopic (exact) mass is 494 g/mol. The number of hydrogen-bond acceptors (Lipinski definition) is 4. The van der Waals surface area contributed by atoms with Gasteiger partial charge in [-0.1, -0.05) is 84.4 Å². The molecular formula is C27H27ClN2O5. The lowest BCUT2D eigenvalue weighted by Gasteiger charge is -2.36. The molecule has 35 heavy (non-hydrogen) atoms. The largest absolute Gasteiger partial charge is 0.473 e. The number of benzene rings is 3. The zero-order valence-corrected chi connectivity index (χ0v) is 19.8. The Kier molecular flexibility index (Phi) is 9.40. The van der Waals surface area contributed by atoms with Crippen LogP contribution in [0.4, 0.5) is 0 Å². The van der Waals surface area contributed by atoms with Gasteiger partial charge in [0.15, 0.2) is 0 Å². The van der Waals surface area contributed by atoms with Crippen molar-refractivity contribution in [2.45, 2.75) is 12.5 Å². The number of carboxylic acids is 2. The van der Waals surface area contributed by atoms with Gasteiger partial charge in [0.2, 0.25) is 5.91 Å². The van der Waals surface area contributed by atoms with E-state index in [1.165, 1.54) is 5.56 Å². The Bertz CT molecular complexity index is 1060. The van der Waals surface area contributed by atoms with Crippen LogP contribution in [0.15, 0.2) is 84.9 Å². The summed E-state index contributed by atoms with van der Waals surface area (Å²) in [6.45, 7) is 4.15. The van der Waals surface area contributed by atoms with Gasteiger partial charge in [0.05, 0.1) is 5.92 Å². The third-order valence-electron chi connectivity index (χ3n) is 5.70. The smallest absolute Gasteiger partial charge is 0.414 e. The topological polar surface area (TPSA) is 98.2 Å². The number of hydrogen-bond donors (Lipinski definition) is 2. The van der Waals surface area contributed by atoms with E-state index in [0.29, 0.717) is 0 Å². The van der Waals surface area contributed by atoms with E-state index in [4.69, 9.17) is 31.4 Å². The quantitative estimate of drug-likeness (QED) is 0.521. The number of rotatable bonds is 5. The van der Waals surface area contributed by atoms with Gasteiger partial charge in [0.25, 0.3) is 0 Å². The molecule has 0 atom stereocenters. The summed E-state index contributed by atoms with van der Waals surface area (Å²) in [4.78, 5) is 36.1. The Balaban J connectivity index is 0.000000509. The minimum Gasteiger partial charge on any atom is -0.473 e. The lowest BCUT2D eigenvalue weighted by molar-refractivity contribution is -0.159. The second kappa shape index (κ2) is 12.7. The molecule has 1 saturated heterocycles. The van der Waals surface area contributed by atoms with Gasteiger partial charge in [-0.3, -0.25) is 9.69 Å². The predicted molar refractivity (Wildman–Crippen MR) is 133 cm³/mol. The summed E-state index contributed by atoms with van der Waals surface area (Å²) in [5, 5.41) is 15.5. The average molecular weight is 495 g/mol. The summed E-state index contributed by atoms with van der Waals surface area (Å²) >= 11 is 5.98. The van der Waals surface area contributed by atoms with Gasteiger partial charge in [0.1, 0.15) is 0 Å². The van der Waals surface area contributed by atoms with Crippen LogP contribution >= 0.6 is 11.6 Å². The summed E-state index contributed by atoms with van der Waals surface area (Å²) < 4.78 is 0. The van der Waals surface area contributed by atoms with Crippen molar-refractivity contribution in [3.63, 3.8) is 0 Å². The first-order chi connectivity index (χ1) is 16.8. The highest BCUT2D eigenvalue weighted by atomic mass is 35.5. The Hall–Kier alpha value is -3.68. The van der Waals surface area contributed by atoms with Crippen LogP contribution in [0.2, 0.25) is 5.02 Å². The molecule has 1 fully saturated rings. The molecular weight excluding hydrogens is 468 g/mol. The molecule has 3 aromatic carbocycles. The van der Waals surface area contributed by atoms with Crippen molar-refractivity contribution in [1.82, 2.24) is 9.80 Å². The van der Waals surface area contributed by atoms with Crippen LogP contribution < -0.4 is 0 Å². The molecule has 0 radical (unpaired) electrons. The number of carbonyl (C=O) groups excluding carboxylic acids is 1. The second-order valence-electron chi connectivity index (χ2n) is 8.09. The number of amides is 1. The van der Waals surface area contributed by atoms with E-state index in [1.54, 1.807) is 0 Å². The first-order valence-corrected chi connectivity index (χ1v) is 11.5. The Morgan fingerprint density at radius 3 is 1.60 bits per heavy atom. The minimum absolute atomic E-state index is 0.188. The van der Waals surface area contributed by atoms with Crippen LogP contribution in [0, 0.1) is 0 Å². The number of halogens is 1. The molecule has 0 aromatic heterocycles. The van der Waals surface area contributed by atoms with Crippen molar-refractivity contribution in [3.8, 4) is 0 Å². The summed E-state index contributed by atoms with van der Waals surface area (Å²) in [6, 6.07) is 28.2. The van der Waals surface area contributed by atoms with Crippen molar-refractivity contribution < 1.29 is 24.6 Å². The molecule has 0 aliphatic carbocycles. The third kappa shape index (κ3) is 7.67. The van der Waals surface area contributed by atoms with Crippen LogP contribution in [0.1, 0.15) is 22.6 Å². The van der Waals surface area contributed by atoms with Crippen molar-refractivity contribution >= 4 is 29.4 Å². The standard InChI is InChI=1S/C25H25ClN2O.C2H2O4/c26-23-13-11-20(12-14-23)19-27-15-17-28(18-16-27)25(29)24(21-7-3-1-4-8-21)22-9-5-2-6-10-22;3-1(4)2(5)6/h1-14,24H,15-19H2;(H,3,4)(H,5,6). The molecule has 3 aromatic rings. The van der Waals surface area contributed by atoms with Gasteiger partial charge in [-0.2, -0.15) is 0 Å². The van der Waals surface area contributed by atoms with Gasteiger partial charge in [0, 0.05) is 37.7 Å². The predicted octanol–water partition coefficient (Wildman–Crippen LogP) is 3.97. The molecule has 8 heteroatoms. The van der Waals surface area contributed by atoms with Gasteiger partial charge < -0.3 is 15.1 Å². The van der Waals surface area contributed by atoms with Crippen LogP contribution in [0.5, 0.6) is 0 Å². The lowest BCUT2D eigenvalue weighted by Crippen LogP contribution is -2.49. The highest BCUT2D eigenvalue weighted by Crippen LogP contribution is 2.27. The zero-order valence-electron chi connectivity index (χ0n) is 19.1. The number of nitrogens with zero attached hydrogens (tertiary/aromatic N) is 2. The summed E-state index contributed by atoms with van der Waals surface area (Å²) in [6.07, 6.45) is 0. The van der Waals surface area contributed by atoms with Crippen molar-refractivity contribution in [2.24, 2.45) is 0 Å². The van der Waals surface area contributed by atoms with E-state index >= 15 is 0 Å². The molecule has 0 unspecified atom stereocenters. The molecule has 0 bridgehead atoms. The number of piperazine rings is 1. The molecule has 2 N–H and O–H groups in total. The highest BCUT2D eigenvalue weighted by molar-refractivity contribution is 6.30. The van der Waals surface area contributed by atoms with E-state index in [9.17, 15) is 4.79 Å². The first-order valence-electron chi connectivity index (χ1n) is 11.2. The van der Waals surface area contributed by atoms with Gasteiger partial charge in [-0.25, -0.2) is 9.59 Å². The van der Waals surface area contributed by atoms with Crippen LogP contribution in [-0.2, 0) is 20.9 Å². The maximum Gasteiger partial charge on any atom is 0.414 e. The van der Waals surface area contributed by atoms with Gasteiger partial charge >= 0.3 is 11.9 Å². The molecule has 1 amide bonds. The first kappa shape index (κ1) is 25.9. The molecule has 1 aliphatic rings. The van der Waals surface area contributed by atoms with Crippen molar-refractivity contribution in [1.29, 1.82) is 0 Å². The fraction of sp³-hybridized carbons (Fsp3) is 0.222. The van der Waals surface area contributed by atoms with Gasteiger partial charge in [-0.05, 0) is 28.8 Å². The zero-order chi connectivity index (χ0) is 25.2. The normalized spacial score (nSPS) is 13.6. The lowest BCUT2D eigenvalue weighted by atomic mass is 9.90. The van der Waals surface area contributed by atoms with E-state index < -0.39 is 11.9 Å². The molecule has 7 nitrogen and oxygen atoms in total. The average Bonchev–Trinajstić information content (AvgIpc) is 2.87. The van der Waals surface area contributed by atoms with Crippen molar-refractivity contribution in [2.75, 3.05) is 26.2 Å². The van der Waals surface area contributed by atoms with Crippen LogP contribution in [-0.4, -0.2) is 64.0 Å². The number of aliphatic carboxylic acids is 2. The molecule has 1 heterocycles. The summed E-state index contributed by atoms with van der Waals surface area (Å²) in [5.74, 6) is -3.71. The van der Waals surface area contributed by atoms with Crippen molar-refractivity contribution in [3.05, 3.63) is 107 Å². The van der Waals surface area contributed by atoms with Crippen LogP contribution in [0.25, 0.3) is 0 Å². The van der Waals surface area contributed by atoms with E-state index in [0.717, 1.165) is 48.9 Å². The Morgan fingerprint density at radius 2 is 1.17 bits per heavy atom. The van der Waals surface area contributed by atoms with E-state index in [2.05, 4.69) is 17.0 Å². The minimum atomic E-state index is -1.82. The second-order valence-corrected chi connectivity index (χ2v) is 8.53. The molecule has 4 rings (SSSR count). The molecule has 0 saturated carbocycles. The molecule has 0 spiro atoms. The SMILES string of the molecule is O=C(C(c1ccccc1)c1ccccc1)N1CCN(Cc2ccc(Cl)cc2)CC1.O=C(O)C(=O)O. The highest BCUT2D eigenvalue weighted by Gasteiger charge is 2.29. The Morgan fingerprint density at radius 1 is 0.714 bits per heavy atom. The summed E-state index contributed by atoms with van der Waals surface area (Å²) in [5.41, 5.74) is 3.35. The van der Waals surface area contributed by atoms with Crippen LogP contribution in [0.3, 0.4) is 0 Å². The number of carboxylic acid groups (broad SMARTS) is 2. The van der Waals surface area contributed by atoms with E-state index in [1.807, 2.05) is 77.7 Å². The maximum absolute atomic E-state index is 13.5. The fourth-order valence-electron chi connectivity index (χ4n) is 3.93. The fourth-order valence-corrected chi connectivity index (χ4v) is 4.05. The third-order valence-corrected chi connectivity index (χ3v) is 5.95. The van der Waals surface area contributed by atoms with Gasteiger partial charge in [-0.15, -0.1) is 0 Å². The van der Waals surface area contributed by atoms with E-state index in [-0.39, 0.29) is 11.8 Å². The molecule has 182 valence electrons. The molecule has 1 aliphatic heterocycles. The maximum atomic E-state index is 13.5. The summed E-state index contributed by atoms with van der Waals surface area (Å²) in [7, 11) is 0. The number of carbonyl (C=O) groups is 3.